The van der Waals surface area contributed by atoms with Crippen LogP contribution in [0.1, 0.15) is 23.7 Å². The Morgan fingerprint density at radius 2 is 2.14 bits per heavy atom. The number of carbonyl (C=O) groups excluding carboxylic acids is 1. The predicted octanol–water partition coefficient (Wildman–Crippen LogP) is 1.76. The molecule has 1 aliphatic heterocycles. The number of para-hydroxylation sites is 1. The van der Waals surface area contributed by atoms with Gasteiger partial charge in [0, 0.05) is 30.1 Å². The van der Waals surface area contributed by atoms with E-state index in [0.29, 0.717) is 30.7 Å². The van der Waals surface area contributed by atoms with E-state index < -0.39 is 0 Å². The molecule has 22 heavy (non-hydrogen) atoms. The van der Waals surface area contributed by atoms with Crippen LogP contribution in [0.15, 0.2) is 35.1 Å². The minimum atomic E-state index is -0.252. The van der Waals surface area contributed by atoms with Crippen LogP contribution in [0.2, 0.25) is 0 Å². The largest absolute Gasteiger partial charge is 0.338 e. The highest BCUT2D eigenvalue weighted by Crippen LogP contribution is 2.30. The van der Waals surface area contributed by atoms with Gasteiger partial charge in [-0.2, -0.15) is 0 Å². The van der Waals surface area contributed by atoms with Crippen molar-refractivity contribution in [3.8, 4) is 0 Å². The van der Waals surface area contributed by atoms with Crippen LogP contribution >= 0.6 is 12.4 Å². The molecule has 1 atom stereocenters. The Morgan fingerprint density at radius 3 is 2.82 bits per heavy atom. The van der Waals surface area contributed by atoms with E-state index in [1.54, 1.807) is 4.90 Å². The molecule has 118 valence electrons. The van der Waals surface area contributed by atoms with Gasteiger partial charge in [0.1, 0.15) is 0 Å². The van der Waals surface area contributed by atoms with Crippen molar-refractivity contribution in [2.45, 2.75) is 13.3 Å². The smallest absolute Gasteiger partial charge is 0.254 e. The predicted molar refractivity (Wildman–Crippen MR) is 89.5 cm³/mol. The molecule has 1 aromatic heterocycles. The lowest BCUT2D eigenvalue weighted by atomic mass is 9.90. The number of benzene rings is 1. The molecule has 1 fully saturated rings. The van der Waals surface area contributed by atoms with E-state index >= 15 is 0 Å². The zero-order valence-corrected chi connectivity index (χ0v) is 13.3. The minimum absolute atomic E-state index is 0. The van der Waals surface area contributed by atoms with Crippen molar-refractivity contribution < 1.29 is 4.79 Å². The van der Waals surface area contributed by atoms with Gasteiger partial charge in [-0.05, 0) is 24.4 Å². The van der Waals surface area contributed by atoms with Crippen molar-refractivity contribution in [1.29, 1.82) is 0 Å². The Kier molecular flexibility index (Phi) is 4.58. The van der Waals surface area contributed by atoms with Crippen LogP contribution in [0.5, 0.6) is 0 Å². The molecule has 2 aromatic rings. The third-order valence-electron chi connectivity index (χ3n) is 4.32. The first kappa shape index (κ1) is 16.5. The van der Waals surface area contributed by atoms with Crippen LogP contribution in [-0.2, 0) is 0 Å². The number of rotatable bonds is 2. The minimum Gasteiger partial charge on any atom is -0.338 e. The maximum absolute atomic E-state index is 12.7. The van der Waals surface area contributed by atoms with E-state index in [0.717, 1.165) is 11.8 Å². The summed E-state index contributed by atoms with van der Waals surface area (Å²) in [4.78, 5) is 29.1. The third-order valence-corrected chi connectivity index (χ3v) is 4.32. The molecule has 1 aliphatic rings. The number of likely N-dealkylation sites (tertiary alicyclic amines) is 1. The van der Waals surface area contributed by atoms with Crippen molar-refractivity contribution in [3.63, 3.8) is 0 Å². The first-order valence-electron chi connectivity index (χ1n) is 7.14. The molecule has 0 bridgehead atoms. The third kappa shape index (κ3) is 2.87. The zero-order valence-electron chi connectivity index (χ0n) is 12.5. The lowest BCUT2D eigenvalue weighted by Gasteiger charge is -2.22. The molecule has 5 nitrogen and oxygen atoms in total. The number of H-pyrrole nitrogens is 1. The van der Waals surface area contributed by atoms with Gasteiger partial charge >= 0.3 is 0 Å². The molecule has 0 spiro atoms. The maximum Gasteiger partial charge on any atom is 0.254 e. The van der Waals surface area contributed by atoms with E-state index in [4.69, 9.17) is 5.73 Å². The number of nitrogens with zero attached hydrogens (tertiary/aromatic N) is 1. The Hall–Kier alpha value is -1.85. The summed E-state index contributed by atoms with van der Waals surface area (Å²) < 4.78 is 0. The first-order chi connectivity index (χ1) is 10.0. The van der Waals surface area contributed by atoms with Gasteiger partial charge < -0.3 is 15.6 Å². The Labute approximate surface area is 134 Å². The van der Waals surface area contributed by atoms with E-state index in [1.165, 1.54) is 6.07 Å². The second-order valence-electron chi connectivity index (χ2n) is 6.08. The summed E-state index contributed by atoms with van der Waals surface area (Å²) in [5.41, 5.74) is 6.67. The number of pyridine rings is 1. The molecule has 1 amide bonds. The summed E-state index contributed by atoms with van der Waals surface area (Å²) in [6, 6.07) is 8.76. The highest BCUT2D eigenvalue weighted by Gasteiger charge is 2.35. The van der Waals surface area contributed by atoms with Gasteiger partial charge in [-0.15, -0.1) is 12.4 Å². The first-order valence-corrected chi connectivity index (χ1v) is 7.14. The SMILES string of the molecule is CC1(CN)CCN(C(=O)c2cc(=O)[nH]c3ccccc23)C1.Cl. The fourth-order valence-corrected chi connectivity index (χ4v) is 2.92. The average Bonchev–Trinajstić information content (AvgIpc) is 2.89. The van der Waals surface area contributed by atoms with Crippen LogP contribution in [0, 0.1) is 5.41 Å². The zero-order chi connectivity index (χ0) is 15.0. The van der Waals surface area contributed by atoms with Crippen molar-refractivity contribution in [2.24, 2.45) is 11.1 Å². The quantitative estimate of drug-likeness (QED) is 0.884. The van der Waals surface area contributed by atoms with Crippen LogP contribution in [0.4, 0.5) is 0 Å². The van der Waals surface area contributed by atoms with Gasteiger partial charge in [0.2, 0.25) is 5.56 Å². The molecule has 0 radical (unpaired) electrons. The Morgan fingerprint density at radius 1 is 1.41 bits per heavy atom. The van der Waals surface area contributed by atoms with Crippen molar-refractivity contribution in [1.82, 2.24) is 9.88 Å². The van der Waals surface area contributed by atoms with Crippen LogP contribution in [0.25, 0.3) is 10.9 Å². The highest BCUT2D eigenvalue weighted by molar-refractivity contribution is 6.06. The number of nitrogens with two attached hydrogens (primary N) is 1. The fourth-order valence-electron chi connectivity index (χ4n) is 2.92. The highest BCUT2D eigenvalue weighted by atomic mass is 35.5. The molecular formula is C16H20ClN3O2. The molecule has 0 aliphatic carbocycles. The molecule has 1 saturated heterocycles. The van der Waals surface area contributed by atoms with E-state index in [9.17, 15) is 9.59 Å². The normalized spacial score (nSPS) is 20.9. The molecule has 1 aromatic carbocycles. The van der Waals surface area contributed by atoms with Gasteiger partial charge in [-0.3, -0.25) is 9.59 Å². The Bertz CT molecular complexity index is 758. The summed E-state index contributed by atoms with van der Waals surface area (Å²) >= 11 is 0. The van der Waals surface area contributed by atoms with Crippen molar-refractivity contribution in [3.05, 3.63) is 46.2 Å². The summed E-state index contributed by atoms with van der Waals surface area (Å²) in [6.07, 6.45) is 0.899. The van der Waals surface area contributed by atoms with Crippen molar-refractivity contribution in [2.75, 3.05) is 19.6 Å². The molecule has 3 N–H and O–H groups in total. The second-order valence-corrected chi connectivity index (χ2v) is 6.08. The summed E-state index contributed by atoms with van der Waals surface area (Å²) in [5.74, 6) is -0.0884. The topological polar surface area (TPSA) is 79.2 Å². The number of aromatic nitrogens is 1. The molecular weight excluding hydrogens is 302 g/mol. The number of amides is 1. The number of hydrogen-bond acceptors (Lipinski definition) is 3. The molecule has 2 heterocycles. The van der Waals surface area contributed by atoms with E-state index in [2.05, 4.69) is 11.9 Å². The lowest BCUT2D eigenvalue weighted by molar-refractivity contribution is 0.0778. The van der Waals surface area contributed by atoms with Gasteiger partial charge in [0.15, 0.2) is 0 Å². The number of nitrogens with one attached hydrogen (secondary N) is 1. The number of hydrogen-bond donors (Lipinski definition) is 2. The summed E-state index contributed by atoms with van der Waals surface area (Å²) in [7, 11) is 0. The number of fused-ring (bicyclic) bond motifs is 1. The fraction of sp³-hybridized carbons (Fsp3) is 0.375. The monoisotopic (exact) mass is 321 g/mol. The van der Waals surface area contributed by atoms with Gasteiger partial charge in [0.05, 0.1) is 5.56 Å². The number of aromatic amines is 1. The molecule has 6 heteroatoms. The number of carbonyl (C=O) groups is 1. The molecule has 3 rings (SSSR count). The van der Waals surface area contributed by atoms with Gasteiger partial charge in [-0.1, -0.05) is 25.1 Å². The molecule has 1 unspecified atom stereocenters. The van der Waals surface area contributed by atoms with E-state index in [1.807, 2.05) is 24.3 Å². The van der Waals surface area contributed by atoms with Crippen LogP contribution in [-0.4, -0.2) is 35.4 Å². The average molecular weight is 322 g/mol. The van der Waals surface area contributed by atoms with Crippen LogP contribution in [0.3, 0.4) is 0 Å². The van der Waals surface area contributed by atoms with Crippen LogP contribution < -0.4 is 11.3 Å². The summed E-state index contributed by atoms with van der Waals surface area (Å²) in [5, 5.41) is 0.781. The maximum atomic E-state index is 12.7. The van der Waals surface area contributed by atoms with Gasteiger partial charge in [0.25, 0.3) is 5.91 Å². The van der Waals surface area contributed by atoms with E-state index in [-0.39, 0.29) is 29.3 Å². The Balaban J connectivity index is 0.00000176. The van der Waals surface area contributed by atoms with Crippen molar-refractivity contribution >= 4 is 29.2 Å². The lowest BCUT2D eigenvalue weighted by Crippen LogP contribution is -2.35. The number of halogens is 1. The second kappa shape index (κ2) is 6.10. The van der Waals surface area contributed by atoms with Gasteiger partial charge in [-0.25, -0.2) is 0 Å². The molecule has 0 saturated carbocycles. The summed E-state index contributed by atoms with van der Waals surface area (Å²) in [6.45, 7) is 3.99. The standard InChI is InChI=1S/C16H19N3O2.ClH/c1-16(9-17)6-7-19(10-16)15(21)12-8-14(20)18-13-5-3-2-4-11(12)13;/h2-5,8H,6-7,9-10,17H2,1H3,(H,18,20);1H.